The molecule has 0 heterocycles. The van der Waals surface area contributed by atoms with E-state index in [0.717, 1.165) is 5.69 Å². The number of carboxylic acids is 1. The Kier molecular flexibility index (Phi) is 6.02. The lowest BCUT2D eigenvalue weighted by Gasteiger charge is -2.24. The number of aldehydes is 1. The number of carbonyl (C=O) groups is 2. The molecule has 0 fully saturated rings. The maximum absolute atomic E-state index is 11.5. The number of benzene rings is 2. The minimum absolute atomic E-state index is 0.207. The SMILES string of the molecule is O=CC(Nc1ccccc1)C(CC(=O)O)c1ccc(Cl)c(Cl)c1. The maximum Gasteiger partial charge on any atom is 0.304 e. The third-order valence-electron chi connectivity index (χ3n) is 3.45. The van der Waals surface area contributed by atoms with E-state index in [1.165, 1.54) is 0 Å². The Balaban J connectivity index is 2.33. The molecule has 0 bridgehead atoms. The van der Waals surface area contributed by atoms with Gasteiger partial charge in [-0.05, 0) is 29.8 Å². The van der Waals surface area contributed by atoms with Crippen LogP contribution >= 0.6 is 23.2 Å². The Morgan fingerprint density at radius 3 is 2.39 bits per heavy atom. The summed E-state index contributed by atoms with van der Waals surface area (Å²) >= 11 is 11.9. The number of hydrogen-bond acceptors (Lipinski definition) is 3. The number of nitrogens with one attached hydrogen (secondary N) is 1. The van der Waals surface area contributed by atoms with Gasteiger partial charge in [0, 0.05) is 11.6 Å². The summed E-state index contributed by atoms with van der Waals surface area (Å²) in [6.45, 7) is 0. The van der Waals surface area contributed by atoms with Crippen molar-refractivity contribution in [1.29, 1.82) is 0 Å². The van der Waals surface area contributed by atoms with Crippen LogP contribution in [0.25, 0.3) is 0 Å². The van der Waals surface area contributed by atoms with Crippen LogP contribution in [0.2, 0.25) is 10.0 Å². The molecule has 6 heteroatoms. The molecule has 4 nitrogen and oxygen atoms in total. The van der Waals surface area contributed by atoms with Crippen molar-refractivity contribution in [3.05, 3.63) is 64.1 Å². The van der Waals surface area contributed by atoms with Gasteiger partial charge in [0.1, 0.15) is 6.29 Å². The van der Waals surface area contributed by atoms with Crippen molar-refractivity contribution >= 4 is 41.1 Å². The van der Waals surface area contributed by atoms with E-state index in [4.69, 9.17) is 23.2 Å². The summed E-state index contributed by atoms with van der Waals surface area (Å²) in [7, 11) is 0. The lowest BCUT2D eigenvalue weighted by Crippen LogP contribution is -2.30. The van der Waals surface area contributed by atoms with Gasteiger partial charge in [0.2, 0.25) is 0 Å². The number of hydrogen-bond donors (Lipinski definition) is 2. The van der Waals surface area contributed by atoms with Crippen LogP contribution in [0.3, 0.4) is 0 Å². The third-order valence-corrected chi connectivity index (χ3v) is 4.19. The number of halogens is 2. The minimum atomic E-state index is -0.997. The molecule has 0 saturated carbocycles. The molecule has 23 heavy (non-hydrogen) atoms. The van der Waals surface area contributed by atoms with E-state index in [1.807, 2.05) is 30.3 Å². The van der Waals surface area contributed by atoms with Crippen molar-refractivity contribution in [1.82, 2.24) is 0 Å². The van der Waals surface area contributed by atoms with Crippen LogP contribution in [-0.4, -0.2) is 23.4 Å². The number of aliphatic carboxylic acids is 1. The zero-order valence-corrected chi connectivity index (χ0v) is 13.6. The van der Waals surface area contributed by atoms with Gasteiger partial charge in [0.05, 0.1) is 22.5 Å². The first-order chi connectivity index (χ1) is 11.0. The molecule has 0 saturated heterocycles. The van der Waals surface area contributed by atoms with Crippen LogP contribution in [0.1, 0.15) is 17.9 Å². The number of anilines is 1. The molecule has 2 atom stereocenters. The Bertz CT molecular complexity index is 691. The first-order valence-corrected chi connectivity index (χ1v) is 7.70. The largest absolute Gasteiger partial charge is 0.481 e. The molecule has 2 N–H and O–H groups in total. The van der Waals surface area contributed by atoms with E-state index < -0.39 is 17.9 Å². The highest BCUT2D eigenvalue weighted by atomic mass is 35.5. The molecule has 2 unspecified atom stereocenters. The normalized spacial score (nSPS) is 13.1. The molecule has 2 aromatic rings. The molecule has 0 aliphatic carbocycles. The van der Waals surface area contributed by atoms with Crippen molar-refractivity contribution in [3.8, 4) is 0 Å². The van der Waals surface area contributed by atoms with Crippen molar-refractivity contribution < 1.29 is 14.7 Å². The van der Waals surface area contributed by atoms with Crippen LogP contribution in [0.5, 0.6) is 0 Å². The average molecular weight is 352 g/mol. The molecule has 2 aromatic carbocycles. The van der Waals surface area contributed by atoms with Gasteiger partial charge in [0.25, 0.3) is 0 Å². The van der Waals surface area contributed by atoms with Gasteiger partial charge < -0.3 is 15.2 Å². The van der Waals surface area contributed by atoms with Crippen LogP contribution in [0.15, 0.2) is 48.5 Å². The van der Waals surface area contributed by atoms with Crippen LogP contribution in [0.4, 0.5) is 5.69 Å². The molecule has 0 amide bonds. The monoisotopic (exact) mass is 351 g/mol. The summed E-state index contributed by atoms with van der Waals surface area (Å²) in [6, 6.07) is 13.3. The fourth-order valence-electron chi connectivity index (χ4n) is 2.34. The van der Waals surface area contributed by atoms with Gasteiger partial charge in [0.15, 0.2) is 0 Å². The van der Waals surface area contributed by atoms with Crippen LogP contribution < -0.4 is 5.32 Å². The zero-order valence-electron chi connectivity index (χ0n) is 12.1. The smallest absolute Gasteiger partial charge is 0.304 e. The lowest BCUT2D eigenvalue weighted by molar-refractivity contribution is -0.137. The quantitative estimate of drug-likeness (QED) is 0.732. The highest BCUT2D eigenvalue weighted by molar-refractivity contribution is 6.42. The van der Waals surface area contributed by atoms with Crippen molar-refractivity contribution in [3.63, 3.8) is 0 Å². The average Bonchev–Trinajstić information content (AvgIpc) is 2.54. The van der Waals surface area contributed by atoms with E-state index in [1.54, 1.807) is 18.2 Å². The Morgan fingerprint density at radius 1 is 1.13 bits per heavy atom. The number of carboxylic acid groups (broad SMARTS) is 1. The van der Waals surface area contributed by atoms with Crippen molar-refractivity contribution in [2.45, 2.75) is 18.4 Å². The molecule has 2 rings (SSSR count). The summed E-state index contributed by atoms with van der Waals surface area (Å²) in [5, 5.41) is 12.9. The summed E-state index contributed by atoms with van der Waals surface area (Å²) in [5.74, 6) is -1.57. The molecule has 0 aliphatic heterocycles. The molecular formula is C17H15Cl2NO3. The Hall–Kier alpha value is -2.04. The second-order valence-electron chi connectivity index (χ2n) is 5.05. The second-order valence-corrected chi connectivity index (χ2v) is 5.86. The van der Waals surface area contributed by atoms with Crippen LogP contribution in [-0.2, 0) is 9.59 Å². The van der Waals surface area contributed by atoms with Crippen molar-refractivity contribution in [2.24, 2.45) is 0 Å². The topological polar surface area (TPSA) is 66.4 Å². The first kappa shape index (κ1) is 17.3. The maximum atomic E-state index is 11.5. The van der Waals surface area contributed by atoms with Gasteiger partial charge in [-0.25, -0.2) is 0 Å². The third kappa shape index (κ3) is 4.71. The highest BCUT2D eigenvalue weighted by Gasteiger charge is 2.26. The minimum Gasteiger partial charge on any atom is -0.481 e. The van der Waals surface area contributed by atoms with Crippen LogP contribution in [0, 0.1) is 0 Å². The fourth-order valence-corrected chi connectivity index (χ4v) is 2.65. The molecule has 0 spiro atoms. The van der Waals surface area contributed by atoms with Crippen molar-refractivity contribution in [2.75, 3.05) is 5.32 Å². The van der Waals surface area contributed by atoms with Gasteiger partial charge in [-0.1, -0.05) is 47.5 Å². The number of para-hydroxylation sites is 1. The predicted molar refractivity (Wildman–Crippen MR) is 91.4 cm³/mol. The summed E-state index contributed by atoms with van der Waals surface area (Å²) in [6.07, 6.45) is 0.504. The van der Waals surface area contributed by atoms with E-state index in [2.05, 4.69) is 5.32 Å². The van der Waals surface area contributed by atoms with E-state index in [-0.39, 0.29) is 6.42 Å². The van der Waals surface area contributed by atoms with E-state index in [9.17, 15) is 14.7 Å². The van der Waals surface area contributed by atoms with Gasteiger partial charge in [-0.3, -0.25) is 4.79 Å². The summed E-state index contributed by atoms with van der Waals surface area (Å²) < 4.78 is 0. The lowest BCUT2D eigenvalue weighted by atomic mass is 9.89. The second kappa shape index (κ2) is 7.99. The highest BCUT2D eigenvalue weighted by Crippen LogP contribution is 2.31. The molecule has 0 aromatic heterocycles. The number of carbonyl (C=O) groups excluding carboxylic acids is 1. The molecule has 0 aliphatic rings. The Morgan fingerprint density at radius 2 is 1.83 bits per heavy atom. The van der Waals surface area contributed by atoms with E-state index in [0.29, 0.717) is 21.9 Å². The standard InChI is InChI=1S/C17H15Cl2NO3/c18-14-7-6-11(8-15(14)19)13(9-17(22)23)16(10-21)20-12-4-2-1-3-5-12/h1-8,10,13,16,20H,9H2,(H,22,23). The zero-order chi connectivity index (χ0) is 16.8. The predicted octanol–water partition coefficient (Wildman–Crippen LogP) is 4.23. The van der Waals surface area contributed by atoms with Gasteiger partial charge >= 0.3 is 5.97 Å². The fraction of sp³-hybridized carbons (Fsp3) is 0.176. The molecule has 120 valence electrons. The first-order valence-electron chi connectivity index (χ1n) is 6.95. The molecular weight excluding hydrogens is 337 g/mol. The van der Waals surface area contributed by atoms with Gasteiger partial charge in [-0.2, -0.15) is 0 Å². The Labute approximate surface area is 144 Å². The van der Waals surface area contributed by atoms with E-state index >= 15 is 0 Å². The van der Waals surface area contributed by atoms with Gasteiger partial charge in [-0.15, -0.1) is 0 Å². The summed E-state index contributed by atoms with van der Waals surface area (Å²) in [4.78, 5) is 22.7. The molecule has 0 radical (unpaired) electrons. The summed E-state index contributed by atoms with van der Waals surface area (Å²) in [5.41, 5.74) is 1.38. The number of rotatable bonds is 7.